The van der Waals surface area contributed by atoms with Crippen molar-refractivity contribution in [3.63, 3.8) is 0 Å². The summed E-state index contributed by atoms with van der Waals surface area (Å²) in [7, 11) is 0. The molecule has 4 unspecified atom stereocenters. The fraction of sp³-hybridized carbons (Fsp3) is 0.500. The third kappa shape index (κ3) is 9.55. The van der Waals surface area contributed by atoms with Gasteiger partial charge in [-0.2, -0.15) is 0 Å². The van der Waals surface area contributed by atoms with Crippen LogP contribution in [0.5, 0.6) is 0 Å². The summed E-state index contributed by atoms with van der Waals surface area (Å²) >= 11 is 0. The number of amides is 4. The molecule has 0 bridgehead atoms. The summed E-state index contributed by atoms with van der Waals surface area (Å²) in [5.41, 5.74) is 11.6. The Bertz CT molecular complexity index is 862. The lowest BCUT2D eigenvalue weighted by Gasteiger charge is -2.25. The number of aliphatic carboxylic acids is 1. The Balaban J connectivity index is 2.89. The van der Waals surface area contributed by atoms with Gasteiger partial charge >= 0.3 is 5.97 Å². The summed E-state index contributed by atoms with van der Waals surface area (Å²) in [6.45, 7) is 2.59. The van der Waals surface area contributed by atoms with Crippen LogP contribution in [0.15, 0.2) is 30.3 Å². The van der Waals surface area contributed by atoms with Gasteiger partial charge in [0.2, 0.25) is 23.6 Å². The Morgan fingerprint density at radius 2 is 1.41 bits per heavy atom. The number of carboxylic acids is 1. The maximum Gasteiger partial charge on any atom is 0.326 e. The summed E-state index contributed by atoms with van der Waals surface area (Å²) in [6.07, 6.45) is -0.412. The predicted molar refractivity (Wildman–Crippen MR) is 122 cm³/mol. The van der Waals surface area contributed by atoms with Crippen LogP contribution in [-0.2, 0) is 30.4 Å². The summed E-state index contributed by atoms with van der Waals surface area (Å²) < 4.78 is 0. The van der Waals surface area contributed by atoms with Gasteiger partial charge in [-0.25, -0.2) is 4.79 Å². The van der Waals surface area contributed by atoms with Crippen molar-refractivity contribution in [2.75, 3.05) is 6.61 Å². The molecule has 34 heavy (non-hydrogen) atoms. The fourth-order valence-electron chi connectivity index (χ4n) is 2.91. The number of benzene rings is 1. The van der Waals surface area contributed by atoms with E-state index in [4.69, 9.17) is 11.5 Å². The highest BCUT2D eigenvalue weighted by Gasteiger charge is 2.30. The molecule has 12 nitrogen and oxygen atoms in total. The Morgan fingerprint density at radius 3 is 1.91 bits per heavy atom. The number of aliphatic hydroxyl groups is 1. The second kappa shape index (κ2) is 13.9. The number of rotatable bonds is 14. The smallest absolute Gasteiger partial charge is 0.326 e. The molecule has 0 heterocycles. The number of hydrogen-bond acceptors (Lipinski definition) is 7. The van der Waals surface area contributed by atoms with Crippen LogP contribution in [0, 0.1) is 5.92 Å². The van der Waals surface area contributed by atoms with Gasteiger partial charge in [0.05, 0.1) is 12.6 Å². The van der Waals surface area contributed by atoms with Crippen LogP contribution < -0.4 is 27.4 Å². The highest BCUT2D eigenvalue weighted by molar-refractivity contribution is 5.94. The average Bonchev–Trinajstić information content (AvgIpc) is 2.78. The normalized spacial score (nSPS) is 14.4. The van der Waals surface area contributed by atoms with Gasteiger partial charge in [-0.05, 0) is 17.9 Å². The molecule has 0 aliphatic carbocycles. The van der Waals surface area contributed by atoms with Crippen molar-refractivity contribution in [2.45, 2.75) is 57.3 Å². The minimum Gasteiger partial charge on any atom is -0.480 e. The summed E-state index contributed by atoms with van der Waals surface area (Å²) in [6, 6.07) is 3.60. The topological polar surface area (TPSA) is 214 Å². The quantitative estimate of drug-likeness (QED) is 0.158. The van der Waals surface area contributed by atoms with E-state index in [1.807, 2.05) is 0 Å². The summed E-state index contributed by atoms with van der Waals surface area (Å²) in [5, 5.41) is 26.1. The van der Waals surface area contributed by atoms with Crippen molar-refractivity contribution in [1.82, 2.24) is 16.0 Å². The Hall–Kier alpha value is -3.51. The molecule has 1 aromatic rings. The predicted octanol–water partition coefficient (Wildman–Crippen LogP) is -1.99. The van der Waals surface area contributed by atoms with Gasteiger partial charge in [-0.1, -0.05) is 44.2 Å². The molecular weight excluding hydrogens is 446 g/mol. The zero-order valence-corrected chi connectivity index (χ0v) is 19.2. The summed E-state index contributed by atoms with van der Waals surface area (Å²) in [4.78, 5) is 60.4. The van der Waals surface area contributed by atoms with E-state index < -0.39 is 60.4 Å². The largest absolute Gasteiger partial charge is 0.480 e. The molecule has 0 aliphatic rings. The molecule has 188 valence electrons. The van der Waals surface area contributed by atoms with Crippen molar-refractivity contribution in [3.8, 4) is 0 Å². The van der Waals surface area contributed by atoms with E-state index in [0.29, 0.717) is 5.56 Å². The van der Waals surface area contributed by atoms with Crippen LogP contribution in [-0.4, -0.2) is 70.6 Å². The van der Waals surface area contributed by atoms with Crippen LogP contribution in [0.25, 0.3) is 0 Å². The van der Waals surface area contributed by atoms with Crippen LogP contribution in [0.3, 0.4) is 0 Å². The van der Waals surface area contributed by atoms with Gasteiger partial charge < -0.3 is 37.6 Å². The molecule has 4 amide bonds. The van der Waals surface area contributed by atoms with Crippen LogP contribution in [0.4, 0.5) is 0 Å². The van der Waals surface area contributed by atoms with Gasteiger partial charge in [0.1, 0.15) is 18.1 Å². The minimum absolute atomic E-state index is 0.0155. The summed E-state index contributed by atoms with van der Waals surface area (Å²) in [5.74, 6) is -4.67. The molecule has 0 aromatic heterocycles. The molecule has 1 rings (SSSR count). The van der Waals surface area contributed by atoms with Crippen molar-refractivity contribution in [1.29, 1.82) is 0 Å². The van der Waals surface area contributed by atoms with Crippen molar-refractivity contribution in [3.05, 3.63) is 35.9 Å². The van der Waals surface area contributed by atoms with Gasteiger partial charge in [0, 0.05) is 12.8 Å². The van der Waals surface area contributed by atoms with E-state index in [1.165, 1.54) is 0 Å². The highest BCUT2D eigenvalue weighted by atomic mass is 16.4. The molecule has 0 saturated heterocycles. The van der Waals surface area contributed by atoms with E-state index in [1.54, 1.807) is 44.2 Å². The fourth-order valence-corrected chi connectivity index (χ4v) is 2.91. The second-order valence-electron chi connectivity index (χ2n) is 8.17. The third-order valence-corrected chi connectivity index (χ3v) is 5.05. The molecular formula is C22H33N5O7. The van der Waals surface area contributed by atoms with Gasteiger partial charge in [0.15, 0.2) is 0 Å². The highest BCUT2D eigenvalue weighted by Crippen LogP contribution is 2.05. The number of hydrogen-bond donors (Lipinski definition) is 7. The van der Waals surface area contributed by atoms with E-state index in [0.717, 1.165) is 0 Å². The van der Waals surface area contributed by atoms with Gasteiger partial charge in [-0.3, -0.25) is 19.2 Å². The molecule has 9 N–H and O–H groups in total. The van der Waals surface area contributed by atoms with Crippen LogP contribution in [0.1, 0.15) is 32.3 Å². The lowest BCUT2D eigenvalue weighted by atomic mass is 10.0. The molecule has 4 atom stereocenters. The minimum atomic E-state index is -1.50. The van der Waals surface area contributed by atoms with Crippen molar-refractivity contribution < 1.29 is 34.2 Å². The molecule has 0 fully saturated rings. The van der Waals surface area contributed by atoms with Crippen LogP contribution in [0.2, 0.25) is 0 Å². The molecule has 0 aliphatic heterocycles. The SMILES string of the molecule is CC(C)C(N)C(=O)NC(CCC(N)=O)C(=O)NC(CO)C(=O)NC(Cc1ccccc1)C(=O)O. The first kappa shape index (κ1) is 28.5. The van der Waals surface area contributed by atoms with E-state index >= 15 is 0 Å². The second-order valence-corrected chi connectivity index (χ2v) is 8.17. The van der Waals surface area contributed by atoms with Crippen molar-refractivity contribution >= 4 is 29.6 Å². The first-order valence-corrected chi connectivity index (χ1v) is 10.8. The monoisotopic (exact) mass is 479 g/mol. The number of aliphatic hydroxyl groups excluding tert-OH is 1. The Kier molecular flexibility index (Phi) is 11.7. The van der Waals surface area contributed by atoms with Gasteiger partial charge in [-0.15, -0.1) is 0 Å². The maximum absolute atomic E-state index is 12.7. The van der Waals surface area contributed by atoms with Crippen LogP contribution >= 0.6 is 0 Å². The molecule has 1 aromatic carbocycles. The first-order valence-electron chi connectivity index (χ1n) is 10.8. The zero-order valence-electron chi connectivity index (χ0n) is 19.2. The number of nitrogens with one attached hydrogen (secondary N) is 3. The maximum atomic E-state index is 12.7. The van der Waals surface area contributed by atoms with E-state index in [-0.39, 0.29) is 25.2 Å². The standard InChI is InChI=1S/C22H33N5O7/c1-12(2)18(24)21(32)25-14(8-9-17(23)29)19(30)27-16(11-28)20(31)26-15(22(33)34)10-13-6-4-3-5-7-13/h3-7,12,14-16,18,28H,8-11,24H2,1-2H3,(H2,23,29)(H,25,32)(H,26,31)(H,27,30)(H,33,34). The molecule has 0 saturated carbocycles. The zero-order chi connectivity index (χ0) is 25.8. The average molecular weight is 480 g/mol. The molecule has 12 heteroatoms. The molecule has 0 radical (unpaired) electrons. The number of nitrogens with two attached hydrogens (primary N) is 2. The molecule has 0 spiro atoms. The number of carbonyl (C=O) groups excluding carboxylic acids is 4. The number of primary amides is 1. The third-order valence-electron chi connectivity index (χ3n) is 5.05. The Morgan fingerprint density at radius 1 is 0.882 bits per heavy atom. The van der Waals surface area contributed by atoms with E-state index in [2.05, 4.69) is 16.0 Å². The van der Waals surface area contributed by atoms with E-state index in [9.17, 15) is 34.2 Å². The number of carboxylic acid groups (broad SMARTS) is 1. The van der Waals surface area contributed by atoms with Crippen molar-refractivity contribution in [2.24, 2.45) is 17.4 Å². The first-order chi connectivity index (χ1) is 16.0. The number of carbonyl (C=O) groups is 5. The Labute approximate surface area is 197 Å². The van der Waals surface area contributed by atoms with Gasteiger partial charge in [0.25, 0.3) is 0 Å². The lowest BCUT2D eigenvalue weighted by Crippen LogP contribution is -2.58. The lowest BCUT2D eigenvalue weighted by molar-refractivity contribution is -0.142.